The highest BCUT2D eigenvalue weighted by Gasteiger charge is 2.34. The maximum atomic E-state index is 13.7. The fourth-order valence-corrected chi connectivity index (χ4v) is 9.61. The van der Waals surface area contributed by atoms with Gasteiger partial charge in [0.2, 0.25) is 20.0 Å². The molecule has 0 bridgehead atoms. The van der Waals surface area contributed by atoms with Crippen LogP contribution >= 0.6 is 0 Å². The van der Waals surface area contributed by atoms with E-state index in [-0.39, 0.29) is 52.4 Å². The van der Waals surface area contributed by atoms with Crippen LogP contribution in [0.2, 0.25) is 0 Å². The number of sulfonamides is 2. The van der Waals surface area contributed by atoms with E-state index < -0.39 is 31.5 Å². The Morgan fingerprint density at radius 2 is 1.62 bits per heavy atom. The molecule has 1 aliphatic heterocycles. The van der Waals surface area contributed by atoms with Crippen LogP contribution < -0.4 is 5.56 Å². The number of piperidine rings is 1. The van der Waals surface area contributed by atoms with E-state index in [9.17, 15) is 26.0 Å². The van der Waals surface area contributed by atoms with E-state index in [0.29, 0.717) is 25.2 Å². The SMILES string of the molecule is CCN(C1CCCCC1)S(=O)(=O)c1ccc(S(=O)(=O)N2CCC[C@@H](c3nc4c(nnn4Cc4ccc(F)cc4)c(=O)[nH]3)C2)cc1. The van der Waals surface area contributed by atoms with Gasteiger partial charge in [0, 0.05) is 31.6 Å². The van der Waals surface area contributed by atoms with Crippen molar-refractivity contribution in [3.05, 3.63) is 76.1 Å². The van der Waals surface area contributed by atoms with Crippen LogP contribution in [0.1, 0.15) is 69.2 Å². The van der Waals surface area contributed by atoms with Crippen molar-refractivity contribution < 1.29 is 21.2 Å². The molecule has 3 heterocycles. The van der Waals surface area contributed by atoms with Gasteiger partial charge in [-0.1, -0.05) is 43.5 Å². The van der Waals surface area contributed by atoms with Crippen molar-refractivity contribution in [2.45, 2.75) is 80.2 Å². The number of fused-ring (bicyclic) bond motifs is 1. The third-order valence-electron chi connectivity index (χ3n) is 8.77. The first-order valence-electron chi connectivity index (χ1n) is 15.3. The maximum absolute atomic E-state index is 13.7. The van der Waals surface area contributed by atoms with Crippen molar-refractivity contribution in [3.63, 3.8) is 0 Å². The van der Waals surface area contributed by atoms with Crippen LogP contribution in [-0.2, 0) is 26.6 Å². The number of H-pyrrole nitrogens is 1. The lowest BCUT2D eigenvalue weighted by Gasteiger charge is -2.33. The number of aromatic nitrogens is 5. The van der Waals surface area contributed by atoms with E-state index in [1.54, 1.807) is 12.1 Å². The van der Waals surface area contributed by atoms with E-state index in [1.165, 1.54) is 49.7 Å². The number of halogens is 1. The predicted molar refractivity (Wildman–Crippen MR) is 165 cm³/mol. The Morgan fingerprint density at radius 1 is 0.933 bits per heavy atom. The molecule has 1 saturated carbocycles. The smallest absolute Gasteiger partial charge is 0.281 e. The molecule has 1 aliphatic carbocycles. The average Bonchev–Trinajstić information content (AvgIpc) is 3.46. The summed E-state index contributed by atoms with van der Waals surface area (Å²) >= 11 is 0. The predicted octanol–water partition coefficient (Wildman–Crippen LogP) is 3.61. The number of nitrogens with one attached hydrogen (secondary N) is 1. The Hall–Kier alpha value is -3.53. The van der Waals surface area contributed by atoms with Crippen molar-refractivity contribution in [1.29, 1.82) is 0 Å². The minimum Gasteiger partial charge on any atom is -0.308 e. The van der Waals surface area contributed by atoms with Gasteiger partial charge in [-0.3, -0.25) is 4.79 Å². The summed E-state index contributed by atoms with van der Waals surface area (Å²) in [6.45, 7) is 2.77. The average molecular weight is 658 g/mol. The molecule has 1 saturated heterocycles. The van der Waals surface area contributed by atoms with Crippen molar-refractivity contribution in [3.8, 4) is 0 Å². The summed E-state index contributed by atoms with van der Waals surface area (Å²) in [6, 6.07) is 11.3. The summed E-state index contributed by atoms with van der Waals surface area (Å²) in [5.41, 5.74) is 0.578. The first-order valence-corrected chi connectivity index (χ1v) is 18.2. The number of hydrogen-bond acceptors (Lipinski definition) is 8. The second kappa shape index (κ2) is 12.7. The molecule has 15 heteroatoms. The van der Waals surface area contributed by atoms with Crippen LogP contribution in [-0.4, -0.2) is 76.1 Å². The Kier molecular flexibility index (Phi) is 8.87. The van der Waals surface area contributed by atoms with Crippen LogP contribution in [0, 0.1) is 5.82 Å². The molecule has 0 radical (unpaired) electrons. The van der Waals surface area contributed by atoms with Crippen LogP contribution in [0.3, 0.4) is 0 Å². The van der Waals surface area contributed by atoms with Crippen molar-refractivity contribution in [2.75, 3.05) is 19.6 Å². The van der Waals surface area contributed by atoms with Gasteiger partial charge in [-0.25, -0.2) is 30.9 Å². The van der Waals surface area contributed by atoms with Crippen LogP contribution in [0.5, 0.6) is 0 Å². The maximum Gasteiger partial charge on any atom is 0.281 e. The third kappa shape index (κ3) is 6.30. The molecule has 0 unspecified atom stereocenters. The van der Waals surface area contributed by atoms with Crippen molar-refractivity contribution in [2.24, 2.45) is 0 Å². The van der Waals surface area contributed by atoms with E-state index >= 15 is 0 Å². The zero-order valence-corrected chi connectivity index (χ0v) is 26.6. The molecule has 2 aromatic carbocycles. The van der Waals surface area contributed by atoms with Gasteiger partial charge in [-0.2, -0.15) is 8.61 Å². The van der Waals surface area contributed by atoms with Gasteiger partial charge in [0.1, 0.15) is 11.6 Å². The highest BCUT2D eigenvalue weighted by molar-refractivity contribution is 7.89. The molecule has 45 heavy (non-hydrogen) atoms. The van der Waals surface area contributed by atoms with Gasteiger partial charge >= 0.3 is 0 Å². The Labute approximate surface area is 261 Å². The fourth-order valence-electron chi connectivity index (χ4n) is 6.39. The quantitative estimate of drug-likeness (QED) is 0.287. The molecule has 6 rings (SSSR count). The normalized spacial score (nSPS) is 19.0. The van der Waals surface area contributed by atoms with Crippen LogP contribution in [0.25, 0.3) is 11.2 Å². The lowest BCUT2D eigenvalue weighted by molar-refractivity contribution is 0.261. The Bertz CT molecular complexity index is 1940. The summed E-state index contributed by atoms with van der Waals surface area (Å²) in [7, 11) is -7.73. The minimum atomic E-state index is -3.96. The zero-order chi connectivity index (χ0) is 31.8. The zero-order valence-electron chi connectivity index (χ0n) is 25.0. The van der Waals surface area contributed by atoms with E-state index in [2.05, 4.69) is 20.3 Å². The Morgan fingerprint density at radius 3 is 2.31 bits per heavy atom. The molecule has 1 N–H and O–H groups in total. The van der Waals surface area contributed by atoms with E-state index in [1.807, 2.05) is 6.92 Å². The van der Waals surface area contributed by atoms with Gasteiger partial charge in [-0.05, 0) is 67.6 Å². The summed E-state index contributed by atoms with van der Waals surface area (Å²) in [6.07, 6.45) is 5.91. The third-order valence-corrected chi connectivity index (χ3v) is 12.7. The first-order chi connectivity index (χ1) is 21.6. The van der Waals surface area contributed by atoms with Gasteiger partial charge in [-0.15, -0.1) is 5.10 Å². The number of rotatable bonds is 9. The summed E-state index contributed by atoms with van der Waals surface area (Å²) in [5.74, 6) is -0.429. The van der Waals surface area contributed by atoms with E-state index in [4.69, 9.17) is 0 Å². The number of nitrogens with zero attached hydrogens (tertiary/aromatic N) is 6. The van der Waals surface area contributed by atoms with Crippen LogP contribution in [0.15, 0.2) is 63.1 Å². The molecular formula is C30H36FN7O5S2. The van der Waals surface area contributed by atoms with Crippen LogP contribution in [0.4, 0.5) is 4.39 Å². The number of hydrogen-bond donors (Lipinski definition) is 1. The van der Waals surface area contributed by atoms with Crippen molar-refractivity contribution in [1.82, 2.24) is 33.6 Å². The first kappa shape index (κ1) is 31.5. The minimum absolute atomic E-state index is 0.00120. The van der Waals surface area contributed by atoms with Gasteiger partial charge in [0.25, 0.3) is 5.56 Å². The van der Waals surface area contributed by atoms with Gasteiger partial charge < -0.3 is 4.98 Å². The summed E-state index contributed by atoms with van der Waals surface area (Å²) in [4.78, 5) is 20.4. The molecule has 1 atom stereocenters. The molecule has 2 aromatic heterocycles. The molecule has 12 nitrogen and oxygen atoms in total. The van der Waals surface area contributed by atoms with Crippen molar-refractivity contribution >= 4 is 31.2 Å². The standard InChI is InChI=1S/C30H36FN7O5S2/c1-2-38(24-8-4-3-5-9-24)45(42,43)26-16-14-25(15-17-26)44(40,41)36-18-6-7-22(20-36)28-32-29-27(30(39)33-28)34-35-37(29)19-21-10-12-23(31)13-11-21/h10-17,22,24H,2-9,18-20H2,1H3,(H,32,33,39)/t22-/m1/s1. The fraction of sp³-hybridized carbons (Fsp3) is 0.467. The second-order valence-corrected chi connectivity index (χ2v) is 15.5. The lowest BCUT2D eigenvalue weighted by Crippen LogP contribution is -2.41. The molecule has 0 amide bonds. The van der Waals surface area contributed by atoms with Gasteiger partial charge in [0.05, 0.1) is 16.3 Å². The largest absolute Gasteiger partial charge is 0.308 e. The monoisotopic (exact) mass is 657 g/mol. The second-order valence-electron chi connectivity index (χ2n) is 11.7. The number of benzene rings is 2. The molecule has 4 aromatic rings. The molecular weight excluding hydrogens is 622 g/mol. The Balaban J connectivity index is 1.21. The highest BCUT2D eigenvalue weighted by atomic mass is 32.2. The summed E-state index contributed by atoms with van der Waals surface area (Å²) < 4.78 is 72.1. The van der Waals surface area contributed by atoms with Gasteiger partial charge in [0.15, 0.2) is 11.2 Å². The highest BCUT2D eigenvalue weighted by Crippen LogP contribution is 2.31. The molecule has 2 fully saturated rings. The topological polar surface area (TPSA) is 151 Å². The molecule has 2 aliphatic rings. The summed E-state index contributed by atoms with van der Waals surface area (Å²) in [5, 5.41) is 8.02. The van der Waals surface area contributed by atoms with E-state index in [0.717, 1.165) is 37.7 Å². The molecule has 0 spiro atoms. The number of aromatic amines is 1. The molecule has 240 valence electrons. The lowest BCUT2D eigenvalue weighted by atomic mass is 9.95.